The van der Waals surface area contributed by atoms with Crippen LogP contribution in [0.1, 0.15) is 24.6 Å². The number of amides is 1. The van der Waals surface area contributed by atoms with Crippen molar-refractivity contribution in [1.29, 1.82) is 0 Å². The Hall–Kier alpha value is -2.23. The van der Waals surface area contributed by atoms with Crippen LogP contribution < -0.4 is 5.32 Å². The van der Waals surface area contributed by atoms with Crippen LogP contribution in [0.5, 0.6) is 0 Å². The predicted octanol–water partition coefficient (Wildman–Crippen LogP) is 2.20. The number of fused-ring (bicyclic) bond motifs is 1. The molecule has 2 heterocycles. The van der Waals surface area contributed by atoms with Crippen molar-refractivity contribution >= 4 is 22.6 Å². The number of hydrogen-bond donors (Lipinski definition) is 1. The van der Waals surface area contributed by atoms with E-state index in [9.17, 15) is 4.79 Å². The maximum absolute atomic E-state index is 11.7. The molecule has 4 heteroatoms. The fourth-order valence-electron chi connectivity index (χ4n) is 2.32. The molecule has 4 nitrogen and oxygen atoms in total. The fraction of sp³-hybridized carbons (Fsp3) is 0.267. The van der Waals surface area contributed by atoms with Gasteiger partial charge in [0.1, 0.15) is 11.7 Å². The zero-order valence-corrected chi connectivity index (χ0v) is 11.0. The molecule has 1 unspecified atom stereocenters. The van der Waals surface area contributed by atoms with Crippen LogP contribution in [0.3, 0.4) is 0 Å². The molecule has 1 aromatic heterocycles. The van der Waals surface area contributed by atoms with Gasteiger partial charge in [-0.2, -0.15) is 0 Å². The summed E-state index contributed by atoms with van der Waals surface area (Å²) in [6.45, 7) is 4.00. The van der Waals surface area contributed by atoms with Gasteiger partial charge in [-0.3, -0.25) is 9.79 Å². The van der Waals surface area contributed by atoms with Crippen molar-refractivity contribution in [2.45, 2.75) is 26.3 Å². The summed E-state index contributed by atoms with van der Waals surface area (Å²) < 4.78 is 0. The molecule has 1 N–H and O–H groups in total. The number of carbonyl (C=O) groups excluding carboxylic acids is 1. The predicted molar refractivity (Wildman–Crippen MR) is 75.2 cm³/mol. The van der Waals surface area contributed by atoms with Crippen molar-refractivity contribution in [2.24, 2.45) is 4.99 Å². The van der Waals surface area contributed by atoms with E-state index in [4.69, 9.17) is 0 Å². The van der Waals surface area contributed by atoms with Crippen LogP contribution >= 0.6 is 0 Å². The molecule has 0 saturated heterocycles. The van der Waals surface area contributed by atoms with Gasteiger partial charge in [-0.15, -0.1) is 0 Å². The number of para-hydroxylation sites is 1. The Balaban J connectivity index is 2.09. The van der Waals surface area contributed by atoms with E-state index >= 15 is 0 Å². The monoisotopic (exact) mass is 253 g/mol. The molecule has 0 aliphatic carbocycles. The highest BCUT2D eigenvalue weighted by Gasteiger charge is 2.26. The highest BCUT2D eigenvalue weighted by atomic mass is 16.2. The van der Waals surface area contributed by atoms with Gasteiger partial charge in [-0.1, -0.05) is 25.1 Å². The lowest BCUT2D eigenvalue weighted by Crippen LogP contribution is -2.29. The van der Waals surface area contributed by atoms with Crippen LogP contribution in [-0.2, 0) is 4.79 Å². The molecule has 0 fully saturated rings. The smallest absolute Gasteiger partial charge is 0.250 e. The van der Waals surface area contributed by atoms with Gasteiger partial charge >= 0.3 is 0 Å². The van der Waals surface area contributed by atoms with Crippen molar-refractivity contribution in [2.75, 3.05) is 0 Å². The normalized spacial score (nSPS) is 18.5. The average Bonchev–Trinajstić information content (AvgIpc) is 2.80. The van der Waals surface area contributed by atoms with Gasteiger partial charge in [0.25, 0.3) is 0 Å². The topological polar surface area (TPSA) is 54.4 Å². The SMILES string of the molecule is CCC1N=C(c2cc(C)c3ccccc3n2)NC1=O. The Bertz CT molecular complexity index is 691. The second kappa shape index (κ2) is 4.46. The van der Waals surface area contributed by atoms with E-state index in [1.165, 1.54) is 0 Å². The minimum absolute atomic E-state index is 0.0369. The number of amidine groups is 1. The first-order valence-corrected chi connectivity index (χ1v) is 6.44. The van der Waals surface area contributed by atoms with Gasteiger partial charge in [-0.25, -0.2) is 4.98 Å². The van der Waals surface area contributed by atoms with Crippen LogP contribution in [-0.4, -0.2) is 22.8 Å². The van der Waals surface area contributed by atoms with Crippen molar-refractivity contribution in [1.82, 2.24) is 10.3 Å². The second-order valence-corrected chi connectivity index (χ2v) is 4.73. The lowest BCUT2D eigenvalue weighted by molar-refractivity contribution is -0.120. The molecule has 3 rings (SSSR count). The summed E-state index contributed by atoms with van der Waals surface area (Å²) in [5, 5.41) is 3.94. The molecule has 0 spiro atoms. The van der Waals surface area contributed by atoms with E-state index in [0.717, 1.165) is 22.2 Å². The number of nitrogens with zero attached hydrogens (tertiary/aromatic N) is 2. The average molecular weight is 253 g/mol. The van der Waals surface area contributed by atoms with Crippen LogP contribution in [0.2, 0.25) is 0 Å². The fourth-order valence-corrected chi connectivity index (χ4v) is 2.32. The zero-order chi connectivity index (χ0) is 13.4. The Labute approximate surface area is 111 Å². The summed E-state index contributed by atoms with van der Waals surface area (Å²) >= 11 is 0. The minimum atomic E-state index is -0.274. The maximum atomic E-state index is 11.7. The van der Waals surface area contributed by atoms with Gasteiger partial charge in [0.05, 0.1) is 5.52 Å². The molecule has 1 atom stereocenters. The molecule has 2 aromatic rings. The Morgan fingerprint density at radius 3 is 2.84 bits per heavy atom. The van der Waals surface area contributed by atoms with Gasteiger partial charge in [-0.05, 0) is 31.0 Å². The molecular weight excluding hydrogens is 238 g/mol. The van der Waals surface area contributed by atoms with E-state index in [2.05, 4.69) is 15.3 Å². The molecule has 1 aliphatic heterocycles. The third-order valence-electron chi connectivity index (χ3n) is 3.38. The molecule has 0 radical (unpaired) electrons. The molecular formula is C15H15N3O. The zero-order valence-electron chi connectivity index (χ0n) is 11.0. The molecule has 96 valence electrons. The summed E-state index contributed by atoms with van der Waals surface area (Å²) in [7, 11) is 0. The van der Waals surface area contributed by atoms with Crippen molar-refractivity contribution in [3.63, 3.8) is 0 Å². The first kappa shape index (κ1) is 11.8. The number of pyridine rings is 1. The van der Waals surface area contributed by atoms with Crippen molar-refractivity contribution < 1.29 is 4.79 Å². The van der Waals surface area contributed by atoms with Gasteiger partial charge < -0.3 is 5.32 Å². The number of hydrogen-bond acceptors (Lipinski definition) is 3. The number of nitrogens with one attached hydrogen (secondary N) is 1. The standard InChI is InChI=1S/C15H15N3O/c1-3-11-15(19)18-14(17-11)13-8-9(2)10-6-4-5-7-12(10)16-13/h4-8,11H,3H2,1-2H3,(H,17,18,19). The number of rotatable bonds is 2. The van der Waals surface area contributed by atoms with Crippen molar-refractivity contribution in [3.8, 4) is 0 Å². The molecule has 0 bridgehead atoms. The quantitative estimate of drug-likeness (QED) is 0.892. The van der Waals surface area contributed by atoms with Crippen LogP contribution in [0.25, 0.3) is 10.9 Å². The first-order chi connectivity index (χ1) is 9.19. The van der Waals surface area contributed by atoms with E-state index in [0.29, 0.717) is 12.3 Å². The summed E-state index contributed by atoms with van der Waals surface area (Å²) in [6.07, 6.45) is 0.710. The Morgan fingerprint density at radius 2 is 2.11 bits per heavy atom. The van der Waals surface area contributed by atoms with Gasteiger partial charge in [0.15, 0.2) is 5.84 Å². The highest BCUT2D eigenvalue weighted by molar-refractivity contribution is 6.13. The van der Waals surface area contributed by atoms with Gasteiger partial charge in [0, 0.05) is 5.39 Å². The Kier molecular flexibility index (Phi) is 2.78. The number of aliphatic imine (C=N–C) groups is 1. The van der Waals surface area contributed by atoms with Crippen LogP contribution in [0.15, 0.2) is 35.3 Å². The number of aromatic nitrogens is 1. The number of benzene rings is 1. The Morgan fingerprint density at radius 1 is 1.32 bits per heavy atom. The molecule has 1 amide bonds. The first-order valence-electron chi connectivity index (χ1n) is 6.44. The third-order valence-corrected chi connectivity index (χ3v) is 3.38. The van der Waals surface area contributed by atoms with E-state index in [-0.39, 0.29) is 11.9 Å². The highest BCUT2D eigenvalue weighted by Crippen LogP contribution is 2.18. The summed E-state index contributed by atoms with van der Waals surface area (Å²) in [5.74, 6) is 0.552. The maximum Gasteiger partial charge on any atom is 0.250 e. The minimum Gasteiger partial charge on any atom is -0.307 e. The molecule has 1 aromatic carbocycles. The lowest BCUT2D eigenvalue weighted by Gasteiger charge is -2.06. The summed E-state index contributed by atoms with van der Waals surface area (Å²) in [5.41, 5.74) is 2.80. The number of carbonyl (C=O) groups is 1. The third kappa shape index (κ3) is 1.99. The van der Waals surface area contributed by atoms with E-state index < -0.39 is 0 Å². The van der Waals surface area contributed by atoms with Crippen LogP contribution in [0.4, 0.5) is 0 Å². The van der Waals surface area contributed by atoms with E-state index in [1.54, 1.807) is 0 Å². The van der Waals surface area contributed by atoms with E-state index in [1.807, 2.05) is 44.2 Å². The molecule has 19 heavy (non-hydrogen) atoms. The molecule has 1 aliphatic rings. The summed E-state index contributed by atoms with van der Waals surface area (Å²) in [6, 6.07) is 9.68. The van der Waals surface area contributed by atoms with Gasteiger partial charge in [0.2, 0.25) is 5.91 Å². The second-order valence-electron chi connectivity index (χ2n) is 4.73. The summed E-state index contributed by atoms with van der Waals surface area (Å²) in [4.78, 5) is 20.7. The molecule has 0 saturated carbocycles. The number of aryl methyl sites for hydroxylation is 1. The largest absolute Gasteiger partial charge is 0.307 e. The lowest BCUT2D eigenvalue weighted by atomic mass is 10.1. The van der Waals surface area contributed by atoms with Crippen LogP contribution in [0, 0.1) is 6.92 Å². The van der Waals surface area contributed by atoms with Crippen molar-refractivity contribution in [3.05, 3.63) is 41.6 Å².